The van der Waals surface area contributed by atoms with Gasteiger partial charge in [-0.1, -0.05) is 6.07 Å². The molecule has 0 aliphatic carbocycles. The summed E-state index contributed by atoms with van der Waals surface area (Å²) in [6.45, 7) is 0.799. The van der Waals surface area contributed by atoms with E-state index in [9.17, 15) is 12.8 Å². The third-order valence-corrected chi connectivity index (χ3v) is 9.36. The van der Waals surface area contributed by atoms with E-state index in [0.29, 0.717) is 29.8 Å². The highest BCUT2D eigenvalue weighted by molar-refractivity contribution is 7.91. The minimum absolute atomic E-state index is 0.262. The standard InChI is InChI=1S/C29H35FN6O2S/c1-31-27-7-5-20(17-25(27)30)26-8-6-24-21(10-14-35(4)22-11-15-39(37,38)16-12-22)19-36(29(24)33-26)28-18-23(34(2)3)9-13-32-28/h5-9,13,17-19,22,31H,10-12,14-16H2,1-4H3. The Labute approximate surface area is 229 Å². The van der Waals surface area contributed by atoms with Crippen LogP contribution in [-0.2, 0) is 16.3 Å². The first-order valence-corrected chi connectivity index (χ1v) is 15.0. The highest BCUT2D eigenvalue weighted by Crippen LogP contribution is 2.30. The molecular weight excluding hydrogens is 515 g/mol. The Morgan fingerprint density at radius 1 is 1.08 bits per heavy atom. The van der Waals surface area contributed by atoms with E-state index in [4.69, 9.17) is 4.98 Å². The Morgan fingerprint density at radius 3 is 2.54 bits per heavy atom. The van der Waals surface area contributed by atoms with Crippen LogP contribution < -0.4 is 10.2 Å². The summed E-state index contributed by atoms with van der Waals surface area (Å²) in [4.78, 5) is 13.9. The van der Waals surface area contributed by atoms with Crippen molar-refractivity contribution in [3.05, 3.63) is 66.2 Å². The second-order valence-electron chi connectivity index (χ2n) is 10.4. The van der Waals surface area contributed by atoms with E-state index in [0.717, 1.165) is 41.1 Å². The van der Waals surface area contributed by atoms with Crippen LogP contribution >= 0.6 is 0 Å². The van der Waals surface area contributed by atoms with Gasteiger partial charge in [0.1, 0.15) is 27.1 Å². The second-order valence-corrected chi connectivity index (χ2v) is 12.7. The van der Waals surface area contributed by atoms with Crippen LogP contribution in [0.2, 0.25) is 0 Å². The summed E-state index contributed by atoms with van der Waals surface area (Å²) in [6, 6.07) is 13.3. The number of fused-ring (bicyclic) bond motifs is 1. The summed E-state index contributed by atoms with van der Waals surface area (Å²) < 4.78 is 40.3. The lowest BCUT2D eigenvalue weighted by atomic mass is 10.1. The fraction of sp³-hybridized carbons (Fsp3) is 0.379. The van der Waals surface area contributed by atoms with Crippen LogP contribution in [0.5, 0.6) is 0 Å². The molecule has 1 N–H and O–H groups in total. The minimum atomic E-state index is -2.89. The van der Waals surface area contributed by atoms with Gasteiger partial charge in [-0.15, -0.1) is 0 Å². The van der Waals surface area contributed by atoms with Crippen molar-refractivity contribution in [2.24, 2.45) is 0 Å². The first kappa shape index (κ1) is 27.1. The summed E-state index contributed by atoms with van der Waals surface area (Å²) in [6.07, 6.45) is 6.01. The summed E-state index contributed by atoms with van der Waals surface area (Å²) in [5.74, 6) is 0.951. The number of rotatable bonds is 8. The molecule has 1 aliphatic rings. The van der Waals surface area contributed by atoms with Crippen LogP contribution in [0.25, 0.3) is 28.1 Å². The van der Waals surface area contributed by atoms with Crippen molar-refractivity contribution in [2.45, 2.75) is 25.3 Å². The molecule has 1 aromatic carbocycles. The van der Waals surface area contributed by atoms with Crippen molar-refractivity contribution in [3.63, 3.8) is 0 Å². The highest BCUT2D eigenvalue weighted by atomic mass is 32.2. The predicted octanol–water partition coefficient (Wildman–Crippen LogP) is 4.39. The van der Waals surface area contributed by atoms with Gasteiger partial charge in [0.2, 0.25) is 0 Å². The van der Waals surface area contributed by atoms with Crippen LogP contribution in [0.3, 0.4) is 0 Å². The van der Waals surface area contributed by atoms with Gasteiger partial charge in [0.15, 0.2) is 0 Å². The summed E-state index contributed by atoms with van der Waals surface area (Å²) >= 11 is 0. The average Bonchev–Trinajstić information content (AvgIpc) is 3.29. The molecule has 0 saturated carbocycles. The molecule has 1 fully saturated rings. The lowest BCUT2D eigenvalue weighted by Gasteiger charge is -2.31. The normalized spacial score (nSPS) is 15.6. The fourth-order valence-corrected chi connectivity index (χ4v) is 6.66. The highest BCUT2D eigenvalue weighted by Gasteiger charge is 2.26. The number of pyridine rings is 2. The molecule has 8 nitrogen and oxygen atoms in total. The molecule has 4 heterocycles. The molecule has 206 valence electrons. The van der Waals surface area contributed by atoms with Gasteiger partial charge in [0.25, 0.3) is 0 Å². The molecule has 0 unspecified atom stereocenters. The van der Waals surface area contributed by atoms with Gasteiger partial charge in [-0.25, -0.2) is 22.8 Å². The van der Waals surface area contributed by atoms with Gasteiger partial charge < -0.3 is 15.1 Å². The number of nitrogens with zero attached hydrogens (tertiary/aromatic N) is 5. The maximum atomic E-state index is 14.5. The average molecular weight is 551 g/mol. The summed E-state index contributed by atoms with van der Waals surface area (Å²) in [5, 5.41) is 3.87. The summed E-state index contributed by atoms with van der Waals surface area (Å²) in [5.41, 5.74) is 4.73. The molecule has 3 aromatic heterocycles. The lowest BCUT2D eigenvalue weighted by Crippen LogP contribution is -2.39. The number of sulfone groups is 1. The molecule has 39 heavy (non-hydrogen) atoms. The number of halogens is 1. The van der Waals surface area contributed by atoms with E-state index in [2.05, 4.69) is 34.5 Å². The van der Waals surface area contributed by atoms with E-state index in [1.54, 1.807) is 19.3 Å². The Balaban J connectivity index is 1.51. The van der Waals surface area contributed by atoms with Gasteiger partial charge in [-0.3, -0.25) is 4.57 Å². The summed E-state index contributed by atoms with van der Waals surface area (Å²) in [7, 11) is 4.86. The van der Waals surface area contributed by atoms with Crippen molar-refractivity contribution in [3.8, 4) is 17.1 Å². The van der Waals surface area contributed by atoms with Gasteiger partial charge >= 0.3 is 0 Å². The van der Waals surface area contributed by atoms with Gasteiger partial charge in [0.05, 0.1) is 22.9 Å². The van der Waals surface area contributed by atoms with Gasteiger partial charge in [-0.05, 0) is 62.2 Å². The Bertz CT molecular complexity index is 1590. The molecule has 0 amide bonds. The number of nitrogens with one attached hydrogen (secondary N) is 1. The monoisotopic (exact) mass is 550 g/mol. The van der Waals surface area contributed by atoms with Crippen LogP contribution in [0.4, 0.5) is 15.8 Å². The smallest absolute Gasteiger partial charge is 0.150 e. The van der Waals surface area contributed by atoms with Crippen LogP contribution in [0, 0.1) is 5.82 Å². The van der Waals surface area contributed by atoms with Crippen molar-refractivity contribution in [1.29, 1.82) is 0 Å². The zero-order valence-corrected chi connectivity index (χ0v) is 23.7. The molecule has 4 aromatic rings. The van der Waals surface area contributed by atoms with E-state index in [-0.39, 0.29) is 23.4 Å². The minimum Gasteiger partial charge on any atom is -0.386 e. The second kappa shape index (κ2) is 10.9. The van der Waals surface area contributed by atoms with Crippen molar-refractivity contribution in [2.75, 3.05) is 56.5 Å². The molecule has 0 bridgehead atoms. The Hall–Kier alpha value is -3.50. The zero-order chi connectivity index (χ0) is 27.7. The quantitative estimate of drug-likeness (QED) is 0.349. The molecule has 5 rings (SSSR count). The first-order chi connectivity index (χ1) is 18.6. The molecule has 1 aliphatic heterocycles. The van der Waals surface area contributed by atoms with Crippen LogP contribution in [-0.4, -0.2) is 80.1 Å². The Morgan fingerprint density at radius 2 is 1.85 bits per heavy atom. The topological polar surface area (TPSA) is 83.4 Å². The zero-order valence-electron chi connectivity index (χ0n) is 22.9. The van der Waals surface area contributed by atoms with Gasteiger partial charge in [0, 0.05) is 68.8 Å². The van der Waals surface area contributed by atoms with E-state index < -0.39 is 9.84 Å². The molecule has 0 spiro atoms. The van der Waals surface area contributed by atoms with E-state index in [1.807, 2.05) is 47.8 Å². The number of likely N-dealkylation sites (N-methyl/N-ethyl adjacent to an activating group) is 1. The van der Waals surface area contributed by atoms with E-state index in [1.165, 1.54) is 6.07 Å². The van der Waals surface area contributed by atoms with Crippen molar-refractivity contribution >= 4 is 32.2 Å². The SMILES string of the molecule is CNc1ccc(-c2ccc3c(CCN(C)C4CCS(=O)(=O)CC4)cn(-c4cc(N(C)C)ccn4)c3n2)cc1F. The number of hydrogen-bond acceptors (Lipinski definition) is 7. The predicted molar refractivity (Wildman–Crippen MR) is 156 cm³/mol. The maximum Gasteiger partial charge on any atom is 0.150 e. The Kier molecular flexibility index (Phi) is 7.59. The maximum absolute atomic E-state index is 14.5. The molecule has 1 saturated heterocycles. The molecule has 0 radical (unpaired) electrons. The van der Waals surface area contributed by atoms with Crippen molar-refractivity contribution < 1.29 is 12.8 Å². The number of benzene rings is 1. The van der Waals surface area contributed by atoms with Gasteiger partial charge in [-0.2, -0.15) is 0 Å². The van der Waals surface area contributed by atoms with Crippen LogP contribution in [0.1, 0.15) is 18.4 Å². The van der Waals surface area contributed by atoms with Crippen molar-refractivity contribution in [1.82, 2.24) is 19.4 Å². The van der Waals surface area contributed by atoms with E-state index >= 15 is 0 Å². The third-order valence-electron chi connectivity index (χ3n) is 7.64. The lowest BCUT2D eigenvalue weighted by molar-refractivity contribution is 0.229. The number of anilines is 2. The third kappa shape index (κ3) is 5.77. The largest absolute Gasteiger partial charge is 0.386 e. The van der Waals surface area contributed by atoms with Crippen LogP contribution in [0.15, 0.2) is 54.9 Å². The fourth-order valence-electron chi connectivity index (χ4n) is 5.20. The number of aromatic nitrogens is 3. The number of hydrogen-bond donors (Lipinski definition) is 1. The molecule has 10 heteroatoms. The molecule has 0 atom stereocenters. The first-order valence-electron chi connectivity index (χ1n) is 13.2. The molecular formula is C29H35FN6O2S.